The predicted octanol–water partition coefficient (Wildman–Crippen LogP) is 3.96. The van der Waals surface area contributed by atoms with Crippen LogP contribution in [-0.4, -0.2) is 16.6 Å². The van der Waals surface area contributed by atoms with Gasteiger partial charge in [-0.05, 0) is 26.0 Å². The number of aryl methyl sites for hydroxylation is 3. The molecule has 1 N–H and O–H groups in total. The Hall–Kier alpha value is -1.81. The standard InChI is InChI=1S/C15H17N3S/c1-9-5-6-13-11(7-9)12(8-18(13)4)14-10(2)19-15(16-3)17-14/h5-8H,1-4H3,(H,16,17). The van der Waals surface area contributed by atoms with Gasteiger partial charge in [-0.2, -0.15) is 0 Å². The number of fused-ring (bicyclic) bond motifs is 1. The second-order valence-electron chi connectivity index (χ2n) is 4.85. The summed E-state index contributed by atoms with van der Waals surface area (Å²) in [6.45, 7) is 4.26. The summed E-state index contributed by atoms with van der Waals surface area (Å²) in [5.41, 5.74) is 4.84. The third kappa shape index (κ3) is 1.92. The van der Waals surface area contributed by atoms with Gasteiger partial charge in [0, 0.05) is 41.6 Å². The van der Waals surface area contributed by atoms with Gasteiger partial charge < -0.3 is 9.88 Å². The molecule has 0 spiro atoms. The van der Waals surface area contributed by atoms with Crippen molar-refractivity contribution in [3.63, 3.8) is 0 Å². The van der Waals surface area contributed by atoms with E-state index in [-0.39, 0.29) is 0 Å². The van der Waals surface area contributed by atoms with Gasteiger partial charge in [0.2, 0.25) is 0 Å². The molecule has 3 rings (SSSR count). The normalized spacial score (nSPS) is 11.2. The van der Waals surface area contributed by atoms with E-state index in [1.54, 1.807) is 11.3 Å². The van der Waals surface area contributed by atoms with Crippen molar-refractivity contribution in [3.8, 4) is 11.3 Å². The Bertz CT molecular complexity index is 752. The highest BCUT2D eigenvalue weighted by Crippen LogP contribution is 2.35. The van der Waals surface area contributed by atoms with Gasteiger partial charge in [-0.1, -0.05) is 11.6 Å². The topological polar surface area (TPSA) is 29.9 Å². The highest BCUT2D eigenvalue weighted by atomic mass is 32.1. The fraction of sp³-hybridized carbons (Fsp3) is 0.267. The van der Waals surface area contributed by atoms with Crippen LogP contribution >= 0.6 is 11.3 Å². The molecule has 0 fully saturated rings. The van der Waals surface area contributed by atoms with E-state index in [1.165, 1.54) is 26.9 Å². The molecule has 19 heavy (non-hydrogen) atoms. The maximum Gasteiger partial charge on any atom is 0.183 e. The highest BCUT2D eigenvalue weighted by molar-refractivity contribution is 7.16. The number of aromatic nitrogens is 2. The zero-order chi connectivity index (χ0) is 13.6. The van der Waals surface area contributed by atoms with E-state index < -0.39 is 0 Å². The summed E-state index contributed by atoms with van der Waals surface area (Å²) in [5.74, 6) is 0. The van der Waals surface area contributed by atoms with Crippen LogP contribution in [0.15, 0.2) is 24.4 Å². The van der Waals surface area contributed by atoms with Gasteiger partial charge in [-0.3, -0.25) is 0 Å². The van der Waals surface area contributed by atoms with Crippen LogP contribution in [0.4, 0.5) is 5.13 Å². The smallest absolute Gasteiger partial charge is 0.183 e. The van der Waals surface area contributed by atoms with Crippen LogP contribution in [-0.2, 0) is 7.05 Å². The van der Waals surface area contributed by atoms with Gasteiger partial charge in [0.25, 0.3) is 0 Å². The average molecular weight is 271 g/mol. The molecule has 0 radical (unpaired) electrons. The molecule has 0 amide bonds. The first-order valence-corrected chi connectivity index (χ1v) is 7.13. The first-order valence-electron chi connectivity index (χ1n) is 6.31. The lowest BCUT2D eigenvalue weighted by molar-refractivity contribution is 0.969. The third-order valence-corrected chi connectivity index (χ3v) is 4.40. The number of nitrogens with zero attached hydrogens (tertiary/aromatic N) is 2. The molecule has 0 saturated heterocycles. The lowest BCUT2D eigenvalue weighted by Gasteiger charge is -1.98. The lowest BCUT2D eigenvalue weighted by atomic mass is 10.1. The number of rotatable bonds is 2. The van der Waals surface area contributed by atoms with E-state index >= 15 is 0 Å². The summed E-state index contributed by atoms with van der Waals surface area (Å²) in [6.07, 6.45) is 2.17. The number of benzene rings is 1. The fourth-order valence-electron chi connectivity index (χ4n) is 2.45. The second kappa shape index (κ2) is 4.38. The van der Waals surface area contributed by atoms with Crippen molar-refractivity contribution in [1.82, 2.24) is 9.55 Å². The third-order valence-electron chi connectivity index (χ3n) is 3.41. The molecule has 2 aromatic heterocycles. The van der Waals surface area contributed by atoms with Crippen LogP contribution in [0.25, 0.3) is 22.2 Å². The van der Waals surface area contributed by atoms with Crippen LogP contribution in [0.3, 0.4) is 0 Å². The van der Waals surface area contributed by atoms with Crippen molar-refractivity contribution in [2.24, 2.45) is 7.05 Å². The maximum absolute atomic E-state index is 4.69. The Morgan fingerprint density at radius 1 is 1.26 bits per heavy atom. The number of nitrogens with one attached hydrogen (secondary N) is 1. The van der Waals surface area contributed by atoms with Gasteiger partial charge >= 0.3 is 0 Å². The summed E-state index contributed by atoms with van der Waals surface area (Å²) in [7, 11) is 4.00. The van der Waals surface area contributed by atoms with E-state index in [1.807, 2.05) is 7.05 Å². The molecule has 4 heteroatoms. The molecule has 0 saturated carbocycles. The Labute approximate surface area is 116 Å². The van der Waals surface area contributed by atoms with E-state index in [0.29, 0.717) is 0 Å². The molecule has 98 valence electrons. The molecule has 0 bridgehead atoms. The van der Waals surface area contributed by atoms with Crippen molar-refractivity contribution < 1.29 is 0 Å². The number of hydrogen-bond donors (Lipinski definition) is 1. The largest absolute Gasteiger partial charge is 0.365 e. The quantitative estimate of drug-likeness (QED) is 0.764. The minimum atomic E-state index is 0.970. The minimum absolute atomic E-state index is 0.970. The number of anilines is 1. The Balaban J connectivity index is 2.29. The molecule has 1 aromatic carbocycles. The molecule has 3 nitrogen and oxygen atoms in total. The SMILES string of the molecule is CNc1nc(-c2cn(C)c3ccc(C)cc23)c(C)s1. The van der Waals surface area contributed by atoms with Crippen molar-refractivity contribution >= 4 is 27.4 Å². The molecular formula is C15H17N3S. The molecule has 0 unspecified atom stereocenters. The van der Waals surface area contributed by atoms with Crippen molar-refractivity contribution in [1.29, 1.82) is 0 Å². The Morgan fingerprint density at radius 3 is 2.74 bits per heavy atom. The summed E-state index contributed by atoms with van der Waals surface area (Å²) in [6, 6.07) is 6.57. The molecule has 0 atom stereocenters. The summed E-state index contributed by atoms with van der Waals surface area (Å²) in [5, 5.41) is 5.37. The Kier molecular flexibility index (Phi) is 2.82. The zero-order valence-corrected chi connectivity index (χ0v) is 12.4. The highest BCUT2D eigenvalue weighted by Gasteiger charge is 2.14. The first kappa shape index (κ1) is 12.2. The van der Waals surface area contributed by atoms with Crippen LogP contribution in [0, 0.1) is 13.8 Å². The van der Waals surface area contributed by atoms with Crippen LogP contribution < -0.4 is 5.32 Å². The van der Waals surface area contributed by atoms with Gasteiger partial charge in [-0.15, -0.1) is 11.3 Å². The van der Waals surface area contributed by atoms with E-state index in [9.17, 15) is 0 Å². The van der Waals surface area contributed by atoms with E-state index in [4.69, 9.17) is 0 Å². The summed E-state index contributed by atoms with van der Waals surface area (Å²) in [4.78, 5) is 5.93. The molecule has 3 aromatic rings. The van der Waals surface area contributed by atoms with Crippen LogP contribution in [0.1, 0.15) is 10.4 Å². The van der Waals surface area contributed by atoms with Gasteiger partial charge in [0.05, 0.1) is 5.69 Å². The number of hydrogen-bond acceptors (Lipinski definition) is 3. The van der Waals surface area contributed by atoms with E-state index in [0.717, 1.165) is 10.8 Å². The average Bonchev–Trinajstić information content (AvgIpc) is 2.90. The molecular weight excluding hydrogens is 254 g/mol. The maximum atomic E-state index is 4.69. The van der Waals surface area contributed by atoms with Crippen molar-refractivity contribution in [3.05, 3.63) is 34.8 Å². The second-order valence-corrected chi connectivity index (χ2v) is 6.05. The summed E-state index contributed by atoms with van der Waals surface area (Å²) >= 11 is 1.70. The van der Waals surface area contributed by atoms with Crippen LogP contribution in [0.5, 0.6) is 0 Å². The fourth-order valence-corrected chi connectivity index (χ4v) is 3.23. The predicted molar refractivity (Wildman–Crippen MR) is 83.0 cm³/mol. The molecule has 0 aliphatic heterocycles. The summed E-state index contributed by atoms with van der Waals surface area (Å²) < 4.78 is 2.17. The first-order chi connectivity index (χ1) is 9.10. The number of thiazole rings is 1. The van der Waals surface area contributed by atoms with Crippen LogP contribution in [0.2, 0.25) is 0 Å². The van der Waals surface area contributed by atoms with Crippen molar-refractivity contribution in [2.45, 2.75) is 13.8 Å². The van der Waals surface area contributed by atoms with Gasteiger partial charge in [0.1, 0.15) is 0 Å². The Morgan fingerprint density at radius 2 is 2.05 bits per heavy atom. The molecule has 0 aliphatic carbocycles. The van der Waals surface area contributed by atoms with Gasteiger partial charge in [0.15, 0.2) is 5.13 Å². The van der Waals surface area contributed by atoms with E-state index in [2.05, 4.69) is 60.2 Å². The lowest BCUT2D eigenvalue weighted by Crippen LogP contribution is -1.86. The zero-order valence-electron chi connectivity index (χ0n) is 11.6. The van der Waals surface area contributed by atoms with Gasteiger partial charge in [-0.25, -0.2) is 4.98 Å². The van der Waals surface area contributed by atoms with Crippen molar-refractivity contribution in [2.75, 3.05) is 12.4 Å². The monoisotopic (exact) mass is 271 g/mol. The molecule has 2 heterocycles. The minimum Gasteiger partial charge on any atom is -0.365 e. The molecule has 0 aliphatic rings.